The maximum atomic E-state index is 13.2. The van der Waals surface area contributed by atoms with Gasteiger partial charge in [0.2, 0.25) is 0 Å². The zero-order valence-corrected chi connectivity index (χ0v) is 18.9. The molecule has 0 unspecified atom stereocenters. The highest BCUT2D eigenvalue weighted by atomic mass is 16.5. The highest BCUT2D eigenvalue weighted by Crippen LogP contribution is 2.19. The van der Waals surface area contributed by atoms with Crippen molar-refractivity contribution in [1.82, 2.24) is 10.2 Å². The first kappa shape index (κ1) is 27.2. The van der Waals surface area contributed by atoms with Gasteiger partial charge in [-0.25, -0.2) is 39.0 Å². The van der Waals surface area contributed by atoms with E-state index in [4.69, 9.17) is 14.2 Å². The van der Waals surface area contributed by atoms with E-state index < -0.39 is 40.5 Å². The molecule has 0 aromatic carbocycles. The van der Waals surface area contributed by atoms with Crippen LogP contribution in [0.5, 0.6) is 0 Å². The fraction of sp³-hybridized carbons (Fsp3) is 0.429. The van der Waals surface area contributed by atoms with Crippen LogP contribution in [0.3, 0.4) is 0 Å². The van der Waals surface area contributed by atoms with Gasteiger partial charge in [0.15, 0.2) is 0 Å². The van der Waals surface area contributed by atoms with E-state index in [1.54, 1.807) is 0 Å². The molecule has 1 heterocycles. The molecule has 1 N–H and O–H groups in total. The Morgan fingerprint density at radius 2 is 1.18 bits per heavy atom. The number of hydrogen-bond donors (Lipinski definition) is 1. The molecule has 1 aliphatic rings. The summed E-state index contributed by atoms with van der Waals surface area (Å²) >= 11 is 0. The Morgan fingerprint density at radius 3 is 1.58 bits per heavy atom. The predicted molar refractivity (Wildman–Crippen MR) is 113 cm³/mol. The minimum atomic E-state index is -1.03. The molecule has 0 radical (unpaired) electrons. The summed E-state index contributed by atoms with van der Waals surface area (Å²) in [6, 6.07) is -2.96. The molecule has 1 saturated heterocycles. The van der Waals surface area contributed by atoms with Gasteiger partial charge in [0.25, 0.3) is 0 Å². The zero-order chi connectivity index (χ0) is 25.3. The average molecular weight is 466 g/mol. The summed E-state index contributed by atoms with van der Waals surface area (Å²) in [4.78, 5) is 73.9. The molecule has 0 saturated carbocycles. The van der Waals surface area contributed by atoms with Crippen molar-refractivity contribution < 1.29 is 47.5 Å². The molecular weight excluding hydrogens is 438 g/mol. The SMILES string of the molecule is C=C(C)C(=O)OCCN1C(=O)NC(=O)[N+](CCOC(=O)C(=C)C)(CCOC(=O)C(=C)C)C1=O. The number of carbonyl (C=O) groups excluding carboxylic acids is 6. The Bertz CT molecular complexity index is 875. The van der Waals surface area contributed by atoms with Crippen molar-refractivity contribution >= 4 is 36.0 Å². The van der Waals surface area contributed by atoms with Crippen LogP contribution in [0.2, 0.25) is 0 Å². The van der Waals surface area contributed by atoms with Gasteiger partial charge in [-0.15, -0.1) is 0 Å². The number of imide groups is 3. The summed E-state index contributed by atoms with van der Waals surface area (Å²) in [5.41, 5.74) is 0.355. The molecule has 0 aromatic heterocycles. The molecule has 12 nitrogen and oxygen atoms in total. The van der Waals surface area contributed by atoms with Crippen molar-refractivity contribution in [2.45, 2.75) is 20.8 Å². The standard InChI is InChI=1S/C21H27N3O9/c1-13(2)16(25)31-10-7-23-19(28)22-20(29)24(21(23)30,8-11-32-17(26)14(3)4)9-12-33-18(27)15(5)6/h1,3,5,7-12H2,2,4,6H3/p+1. The van der Waals surface area contributed by atoms with Crippen LogP contribution in [0.15, 0.2) is 36.5 Å². The van der Waals surface area contributed by atoms with Crippen LogP contribution >= 0.6 is 0 Å². The topological polar surface area (TPSA) is 145 Å². The Balaban J connectivity index is 3.07. The number of hydrogen-bond acceptors (Lipinski definition) is 9. The van der Waals surface area contributed by atoms with E-state index in [0.29, 0.717) is 4.90 Å². The second kappa shape index (κ2) is 11.7. The minimum absolute atomic E-state index is 0.113. The van der Waals surface area contributed by atoms with E-state index in [0.717, 1.165) is 0 Å². The third kappa shape index (κ3) is 7.10. The molecule has 1 aliphatic heterocycles. The molecule has 6 amide bonds. The van der Waals surface area contributed by atoms with Gasteiger partial charge in [0.05, 0.1) is 6.54 Å². The van der Waals surface area contributed by atoms with Crippen LogP contribution in [0.4, 0.5) is 14.4 Å². The van der Waals surface area contributed by atoms with Crippen molar-refractivity contribution in [3.05, 3.63) is 36.5 Å². The van der Waals surface area contributed by atoms with Crippen LogP contribution in [0.1, 0.15) is 20.8 Å². The number of ether oxygens (including phenoxy) is 3. The lowest BCUT2D eigenvalue weighted by Gasteiger charge is -2.38. The minimum Gasteiger partial charge on any atom is -0.460 e. The van der Waals surface area contributed by atoms with E-state index in [-0.39, 0.29) is 56.2 Å². The lowest BCUT2D eigenvalue weighted by molar-refractivity contribution is -0.774. The number of esters is 3. The molecule has 180 valence electrons. The van der Waals surface area contributed by atoms with Crippen molar-refractivity contribution in [1.29, 1.82) is 0 Å². The Labute approximate surface area is 191 Å². The first-order valence-electron chi connectivity index (χ1n) is 9.86. The summed E-state index contributed by atoms with van der Waals surface area (Å²) in [6.07, 6.45) is 0. The largest absolute Gasteiger partial charge is 0.460 e. The third-order valence-corrected chi connectivity index (χ3v) is 4.45. The number of urea groups is 3. The first-order valence-corrected chi connectivity index (χ1v) is 9.86. The molecule has 1 rings (SSSR count). The Hall–Kier alpha value is -3.80. The van der Waals surface area contributed by atoms with Crippen LogP contribution in [0.25, 0.3) is 0 Å². The zero-order valence-electron chi connectivity index (χ0n) is 18.9. The Morgan fingerprint density at radius 1 is 0.788 bits per heavy atom. The molecule has 0 aliphatic carbocycles. The maximum Gasteiger partial charge on any atom is 0.436 e. The second-order valence-electron chi connectivity index (χ2n) is 7.33. The van der Waals surface area contributed by atoms with Gasteiger partial charge in [0.1, 0.15) is 32.9 Å². The van der Waals surface area contributed by atoms with Crippen LogP contribution in [-0.4, -0.2) is 84.8 Å². The molecular formula is C21H28N3O9+. The number of carbonyl (C=O) groups is 6. The number of quaternary nitrogens is 1. The second-order valence-corrected chi connectivity index (χ2v) is 7.33. The van der Waals surface area contributed by atoms with E-state index >= 15 is 0 Å². The molecule has 1 fully saturated rings. The smallest absolute Gasteiger partial charge is 0.436 e. The molecule has 12 heteroatoms. The highest BCUT2D eigenvalue weighted by molar-refractivity contribution is 6.06. The van der Waals surface area contributed by atoms with Crippen LogP contribution in [-0.2, 0) is 28.6 Å². The predicted octanol–water partition coefficient (Wildman–Crippen LogP) is 1.43. The van der Waals surface area contributed by atoms with Crippen molar-refractivity contribution in [3.8, 4) is 0 Å². The van der Waals surface area contributed by atoms with Gasteiger partial charge < -0.3 is 14.2 Å². The Kier molecular flexibility index (Phi) is 9.67. The lowest BCUT2D eigenvalue weighted by Crippen LogP contribution is -2.74. The number of nitrogens with zero attached hydrogens (tertiary/aromatic N) is 2. The van der Waals surface area contributed by atoms with Gasteiger partial charge in [0, 0.05) is 16.7 Å². The fourth-order valence-corrected chi connectivity index (χ4v) is 2.56. The summed E-state index contributed by atoms with van der Waals surface area (Å²) in [5, 5.41) is 2.06. The summed E-state index contributed by atoms with van der Waals surface area (Å²) in [6.45, 7) is 12.5. The summed E-state index contributed by atoms with van der Waals surface area (Å²) < 4.78 is 13.9. The van der Waals surface area contributed by atoms with E-state index in [9.17, 15) is 28.8 Å². The molecule has 0 atom stereocenters. The highest BCUT2D eigenvalue weighted by Gasteiger charge is 2.54. The van der Waals surface area contributed by atoms with Crippen LogP contribution in [0, 0.1) is 0 Å². The normalized spacial score (nSPS) is 14.8. The summed E-state index contributed by atoms with van der Waals surface area (Å²) in [7, 11) is 0. The molecule has 0 bridgehead atoms. The van der Waals surface area contributed by atoms with Crippen molar-refractivity contribution in [2.75, 3.05) is 39.5 Å². The molecule has 0 spiro atoms. The lowest BCUT2D eigenvalue weighted by atomic mass is 10.3. The number of amides is 6. The average Bonchev–Trinajstić information content (AvgIpc) is 2.73. The van der Waals surface area contributed by atoms with Gasteiger partial charge in [-0.2, -0.15) is 4.48 Å². The van der Waals surface area contributed by atoms with Gasteiger partial charge in [-0.1, -0.05) is 19.7 Å². The fourth-order valence-electron chi connectivity index (χ4n) is 2.56. The summed E-state index contributed by atoms with van der Waals surface area (Å²) in [5.74, 6) is -2.17. The number of nitrogens with one attached hydrogen (secondary N) is 1. The van der Waals surface area contributed by atoms with E-state index in [2.05, 4.69) is 25.1 Å². The maximum absolute atomic E-state index is 13.2. The van der Waals surface area contributed by atoms with Gasteiger partial charge in [-0.3, -0.25) is 0 Å². The van der Waals surface area contributed by atoms with Gasteiger partial charge in [-0.05, 0) is 20.8 Å². The van der Waals surface area contributed by atoms with Crippen molar-refractivity contribution in [2.24, 2.45) is 0 Å². The first-order chi connectivity index (χ1) is 15.3. The van der Waals surface area contributed by atoms with E-state index in [1.807, 2.05) is 0 Å². The molecule has 0 aromatic rings. The number of rotatable bonds is 12. The molecule has 33 heavy (non-hydrogen) atoms. The van der Waals surface area contributed by atoms with E-state index in [1.165, 1.54) is 20.8 Å². The van der Waals surface area contributed by atoms with Gasteiger partial charge >= 0.3 is 36.0 Å². The van der Waals surface area contributed by atoms with Crippen LogP contribution < -0.4 is 5.32 Å². The quantitative estimate of drug-likeness (QED) is 0.195. The third-order valence-electron chi connectivity index (χ3n) is 4.45. The monoisotopic (exact) mass is 466 g/mol. The van der Waals surface area contributed by atoms with Crippen molar-refractivity contribution in [3.63, 3.8) is 0 Å².